The molecule has 0 bridgehead atoms. The zero-order valence-electron chi connectivity index (χ0n) is 15.1. The Bertz CT molecular complexity index is 935. The number of Topliss-reactive ketones (excluding diaryl/α,β-unsaturated/α-hetero) is 1. The summed E-state index contributed by atoms with van der Waals surface area (Å²) < 4.78 is 16.6. The minimum Gasteiger partial charge on any atom is -0.464 e. The zero-order chi connectivity index (χ0) is 18.8. The summed E-state index contributed by atoms with van der Waals surface area (Å²) in [5.74, 6) is 3.29. The number of aliphatic imine (C=N–C) groups is 2. The van der Waals surface area contributed by atoms with Gasteiger partial charge in [0.15, 0.2) is 27.6 Å². The first-order chi connectivity index (χ1) is 13.1. The van der Waals surface area contributed by atoms with Crippen LogP contribution in [0.25, 0.3) is 0 Å². The van der Waals surface area contributed by atoms with Gasteiger partial charge in [-0.3, -0.25) is 9.79 Å². The van der Waals surface area contributed by atoms with E-state index in [9.17, 15) is 4.79 Å². The van der Waals surface area contributed by atoms with E-state index in [1.807, 2.05) is 37.3 Å². The van der Waals surface area contributed by atoms with Gasteiger partial charge in [-0.2, -0.15) is 4.99 Å². The van der Waals surface area contributed by atoms with Crippen LogP contribution in [0.1, 0.15) is 24.0 Å². The molecule has 7 nitrogen and oxygen atoms in total. The van der Waals surface area contributed by atoms with Crippen LogP contribution in [0.2, 0.25) is 0 Å². The van der Waals surface area contributed by atoms with Crippen LogP contribution in [0.15, 0.2) is 44.7 Å². The monoisotopic (exact) mass is 385 g/mol. The summed E-state index contributed by atoms with van der Waals surface area (Å²) in [6.07, 6.45) is 0. The number of furan rings is 1. The van der Waals surface area contributed by atoms with Crippen LogP contribution in [0.4, 0.5) is 0 Å². The highest BCUT2D eigenvalue weighted by atomic mass is 32.2. The van der Waals surface area contributed by atoms with Crippen LogP contribution in [0.5, 0.6) is 11.5 Å². The normalized spacial score (nSPS) is 16.2. The first-order valence-electron chi connectivity index (χ1n) is 8.56. The third kappa shape index (κ3) is 4.16. The van der Waals surface area contributed by atoms with Gasteiger partial charge in [-0.05, 0) is 55.4 Å². The minimum atomic E-state index is 0.0232. The van der Waals surface area contributed by atoms with E-state index in [1.165, 1.54) is 18.7 Å². The number of fused-ring (bicyclic) bond motifs is 1. The van der Waals surface area contributed by atoms with Gasteiger partial charge in [-0.25, -0.2) is 0 Å². The standard InChI is InChI=1S/C19H19N3O4S/c1-12(23)8-20-18-21-19(27-18)22(10-15-5-3-13(2)26-15)9-14-4-6-16-17(7-14)25-11-24-16/h3-7H,8-11H2,1-2H3. The number of benzene rings is 1. The molecule has 1 aromatic carbocycles. The number of ether oxygens (including phenoxy) is 2. The summed E-state index contributed by atoms with van der Waals surface area (Å²) in [6.45, 7) is 5.10. The van der Waals surface area contributed by atoms with Crippen molar-refractivity contribution in [2.24, 2.45) is 9.98 Å². The van der Waals surface area contributed by atoms with Gasteiger partial charge in [-0.15, -0.1) is 0 Å². The molecule has 2 aliphatic heterocycles. The fourth-order valence-corrected chi connectivity index (χ4v) is 3.44. The molecule has 2 aliphatic rings. The van der Waals surface area contributed by atoms with Crippen LogP contribution >= 0.6 is 11.8 Å². The van der Waals surface area contributed by atoms with Gasteiger partial charge in [-0.1, -0.05) is 6.07 Å². The van der Waals surface area contributed by atoms with Crippen molar-refractivity contribution < 1.29 is 18.7 Å². The Morgan fingerprint density at radius 3 is 2.78 bits per heavy atom. The van der Waals surface area contributed by atoms with Gasteiger partial charge in [0, 0.05) is 6.54 Å². The molecule has 0 amide bonds. The highest BCUT2D eigenvalue weighted by Crippen LogP contribution is 2.34. The van der Waals surface area contributed by atoms with Crippen molar-refractivity contribution in [3.63, 3.8) is 0 Å². The van der Waals surface area contributed by atoms with E-state index in [1.54, 1.807) is 0 Å². The summed E-state index contributed by atoms with van der Waals surface area (Å²) in [5, 5.41) is 1.48. The van der Waals surface area contributed by atoms with Crippen LogP contribution in [0.3, 0.4) is 0 Å². The minimum absolute atomic E-state index is 0.0232. The van der Waals surface area contributed by atoms with Gasteiger partial charge < -0.3 is 18.8 Å². The molecule has 140 valence electrons. The predicted octanol–water partition coefficient (Wildman–Crippen LogP) is 3.37. The molecule has 0 N–H and O–H groups in total. The van der Waals surface area contributed by atoms with Crippen molar-refractivity contribution in [3.05, 3.63) is 47.4 Å². The number of carbonyl (C=O) groups excluding carboxylic acids is 1. The second-order valence-corrected chi connectivity index (χ2v) is 7.29. The number of aryl methyl sites for hydroxylation is 1. The molecule has 0 atom stereocenters. The molecular formula is C19H19N3O4S. The van der Waals surface area contributed by atoms with E-state index in [0.717, 1.165) is 33.8 Å². The molecule has 2 aromatic rings. The molecule has 4 rings (SSSR count). The largest absolute Gasteiger partial charge is 0.464 e. The van der Waals surface area contributed by atoms with Crippen molar-refractivity contribution in [1.29, 1.82) is 0 Å². The number of ketones is 1. The average molecular weight is 385 g/mol. The van der Waals surface area contributed by atoms with Gasteiger partial charge in [0.25, 0.3) is 0 Å². The van der Waals surface area contributed by atoms with Crippen molar-refractivity contribution >= 4 is 27.9 Å². The lowest BCUT2D eigenvalue weighted by molar-refractivity contribution is -0.115. The van der Waals surface area contributed by atoms with E-state index >= 15 is 0 Å². The van der Waals surface area contributed by atoms with Gasteiger partial charge in [0.2, 0.25) is 6.79 Å². The molecule has 0 radical (unpaired) electrons. The first kappa shape index (κ1) is 17.7. The first-order valence-corrected chi connectivity index (χ1v) is 9.38. The lowest BCUT2D eigenvalue weighted by Crippen LogP contribution is -2.33. The van der Waals surface area contributed by atoms with Crippen molar-refractivity contribution in [2.45, 2.75) is 26.9 Å². The van der Waals surface area contributed by atoms with E-state index in [-0.39, 0.29) is 19.1 Å². The smallest absolute Gasteiger partial charge is 0.231 e. The second-order valence-electron chi connectivity index (χ2n) is 6.35. The Labute approximate surface area is 161 Å². The maximum absolute atomic E-state index is 11.1. The zero-order valence-corrected chi connectivity index (χ0v) is 15.9. The highest BCUT2D eigenvalue weighted by molar-refractivity contribution is 8.28. The third-order valence-corrected chi connectivity index (χ3v) is 4.97. The van der Waals surface area contributed by atoms with E-state index in [2.05, 4.69) is 14.9 Å². The number of thioether (sulfide) groups is 1. The Hall–Kier alpha value is -2.74. The molecule has 8 heteroatoms. The molecule has 0 saturated heterocycles. The van der Waals surface area contributed by atoms with E-state index < -0.39 is 0 Å². The average Bonchev–Trinajstić information content (AvgIpc) is 3.21. The summed E-state index contributed by atoms with van der Waals surface area (Å²) >= 11 is 1.47. The molecular weight excluding hydrogens is 366 g/mol. The summed E-state index contributed by atoms with van der Waals surface area (Å²) in [4.78, 5) is 21.8. The fourth-order valence-electron chi connectivity index (χ4n) is 2.76. The van der Waals surface area contributed by atoms with Crippen molar-refractivity contribution in [3.8, 4) is 11.5 Å². The lowest BCUT2D eigenvalue weighted by atomic mass is 10.2. The molecule has 1 aromatic heterocycles. The molecule has 3 heterocycles. The fraction of sp³-hybridized carbons (Fsp3) is 0.316. The number of rotatable bonds is 6. The van der Waals surface area contributed by atoms with Gasteiger partial charge >= 0.3 is 0 Å². The van der Waals surface area contributed by atoms with Crippen molar-refractivity contribution in [2.75, 3.05) is 13.3 Å². The summed E-state index contributed by atoms with van der Waals surface area (Å²) in [5.41, 5.74) is 1.08. The van der Waals surface area contributed by atoms with Gasteiger partial charge in [0.1, 0.15) is 18.1 Å². The van der Waals surface area contributed by atoms with E-state index in [0.29, 0.717) is 18.3 Å². The Morgan fingerprint density at radius 2 is 2.04 bits per heavy atom. The number of hydrogen-bond acceptors (Lipinski definition) is 7. The molecule has 27 heavy (non-hydrogen) atoms. The van der Waals surface area contributed by atoms with Crippen LogP contribution in [-0.4, -0.2) is 34.4 Å². The number of amidine groups is 2. The molecule has 0 saturated carbocycles. The van der Waals surface area contributed by atoms with Crippen molar-refractivity contribution in [1.82, 2.24) is 4.90 Å². The Morgan fingerprint density at radius 1 is 1.22 bits per heavy atom. The molecule has 0 unspecified atom stereocenters. The topological polar surface area (TPSA) is 76.6 Å². The van der Waals surface area contributed by atoms with Crippen LogP contribution in [0, 0.1) is 6.92 Å². The molecule has 0 fully saturated rings. The Kier molecular flexibility index (Phi) is 4.89. The van der Waals surface area contributed by atoms with Crippen LogP contribution in [-0.2, 0) is 17.9 Å². The second kappa shape index (κ2) is 7.48. The summed E-state index contributed by atoms with van der Waals surface area (Å²) in [7, 11) is 0. The number of hydrogen-bond donors (Lipinski definition) is 0. The number of nitrogens with zero attached hydrogens (tertiary/aromatic N) is 3. The van der Waals surface area contributed by atoms with Crippen LogP contribution < -0.4 is 9.47 Å². The quantitative estimate of drug-likeness (QED) is 0.759. The third-order valence-electron chi connectivity index (χ3n) is 4.03. The summed E-state index contributed by atoms with van der Waals surface area (Å²) in [6, 6.07) is 9.84. The lowest BCUT2D eigenvalue weighted by Gasteiger charge is -2.28. The SMILES string of the molecule is CC(=O)CN=C1N=C(N(Cc2ccc3c(c2)OCO3)Cc2ccc(C)o2)S1. The maximum atomic E-state index is 11.1. The number of carbonyl (C=O) groups is 1. The molecule has 0 spiro atoms. The van der Waals surface area contributed by atoms with Gasteiger partial charge in [0.05, 0.1) is 6.54 Å². The molecule has 0 aliphatic carbocycles. The highest BCUT2D eigenvalue weighted by Gasteiger charge is 2.25. The maximum Gasteiger partial charge on any atom is 0.231 e. The van der Waals surface area contributed by atoms with E-state index in [4.69, 9.17) is 13.9 Å². The Balaban J connectivity index is 1.52. The predicted molar refractivity (Wildman–Crippen MR) is 103 cm³/mol.